The number of hydrogen-bond acceptors (Lipinski definition) is 4. The van der Waals surface area contributed by atoms with Crippen LogP contribution in [0.2, 0.25) is 0 Å². The molecule has 1 atom stereocenters. The van der Waals surface area contributed by atoms with E-state index in [1.807, 2.05) is 24.3 Å². The maximum Gasteiger partial charge on any atom is 0.234 e. The van der Waals surface area contributed by atoms with Crippen molar-refractivity contribution in [3.63, 3.8) is 0 Å². The van der Waals surface area contributed by atoms with Gasteiger partial charge in [0.15, 0.2) is 0 Å². The van der Waals surface area contributed by atoms with Crippen LogP contribution in [0.5, 0.6) is 0 Å². The minimum Gasteiger partial charge on any atom is -0.384 e. The van der Waals surface area contributed by atoms with Crippen molar-refractivity contribution in [1.29, 1.82) is 0 Å². The van der Waals surface area contributed by atoms with Crippen molar-refractivity contribution in [2.24, 2.45) is 0 Å². The number of carbonyl (C=O) groups is 2. The highest BCUT2D eigenvalue weighted by atomic mass is 16.2. The maximum atomic E-state index is 11.9. The lowest BCUT2D eigenvalue weighted by Crippen LogP contribution is -2.39. The van der Waals surface area contributed by atoms with Gasteiger partial charge in [0.1, 0.15) is 5.82 Å². The lowest BCUT2D eigenvalue weighted by atomic mass is 9.89. The summed E-state index contributed by atoms with van der Waals surface area (Å²) in [6.07, 6.45) is 0.870. The van der Waals surface area contributed by atoms with Gasteiger partial charge in [0, 0.05) is 11.8 Å². The molecule has 1 aromatic heterocycles. The van der Waals surface area contributed by atoms with E-state index in [0.29, 0.717) is 18.7 Å². The molecule has 1 aromatic carbocycles. The number of nitrogens with zero attached hydrogens (tertiary/aromatic N) is 1. The zero-order valence-corrected chi connectivity index (χ0v) is 10.2. The molecule has 1 unspecified atom stereocenters. The van der Waals surface area contributed by atoms with E-state index in [4.69, 9.17) is 5.73 Å². The summed E-state index contributed by atoms with van der Waals surface area (Å²) in [4.78, 5) is 27.5. The van der Waals surface area contributed by atoms with E-state index in [9.17, 15) is 9.59 Å². The summed E-state index contributed by atoms with van der Waals surface area (Å²) in [5, 5.41) is 3.31. The quantitative estimate of drug-likeness (QED) is 0.753. The van der Waals surface area contributed by atoms with Crippen molar-refractivity contribution in [3.8, 4) is 0 Å². The van der Waals surface area contributed by atoms with Gasteiger partial charge in [-0.25, -0.2) is 4.98 Å². The third-order valence-corrected chi connectivity index (χ3v) is 3.39. The molecule has 0 spiro atoms. The largest absolute Gasteiger partial charge is 0.384 e. The molecule has 1 fully saturated rings. The Morgan fingerprint density at radius 3 is 2.84 bits per heavy atom. The van der Waals surface area contributed by atoms with Gasteiger partial charge in [0.25, 0.3) is 0 Å². The van der Waals surface area contributed by atoms with E-state index >= 15 is 0 Å². The number of nitrogens with two attached hydrogens (primary N) is 1. The van der Waals surface area contributed by atoms with E-state index in [0.717, 1.165) is 16.5 Å². The summed E-state index contributed by atoms with van der Waals surface area (Å²) in [5.41, 5.74) is 7.28. The molecule has 0 bridgehead atoms. The van der Waals surface area contributed by atoms with Crippen molar-refractivity contribution in [2.45, 2.75) is 18.8 Å². The summed E-state index contributed by atoms with van der Waals surface area (Å²) in [7, 11) is 0. The van der Waals surface area contributed by atoms with E-state index < -0.39 is 0 Å². The Kier molecular flexibility index (Phi) is 2.67. The second-order valence-corrected chi connectivity index (χ2v) is 4.66. The number of fused-ring (bicyclic) bond motifs is 1. The molecule has 2 amide bonds. The number of rotatable bonds is 1. The van der Waals surface area contributed by atoms with Gasteiger partial charge >= 0.3 is 0 Å². The van der Waals surface area contributed by atoms with Crippen molar-refractivity contribution < 1.29 is 9.59 Å². The molecule has 96 valence electrons. The first-order valence-corrected chi connectivity index (χ1v) is 6.14. The Balaban J connectivity index is 2.12. The summed E-state index contributed by atoms with van der Waals surface area (Å²) in [6, 6.07) is 9.30. The monoisotopic (exact) mass is 255 g/mol. The number of anilines is 1. The number of nitrogen functional groups attached to an aromatic ring is 1. The molecule has 3 rings (SSSR count). The Labute approximate surface area is 109 Å². The number of imide groups is 1. The number of hydrogen-bond donors (Lipinski definition) is 2. The fourth-order valence-corrected chi connectivity index (χ4v) is 2.46. The second-order valence-electron chi connectivity index (χ2n) is 4.66. The molecule has 0 radical (unpaired) electrons. The lowest BCUT2D eigenvalue weighted by Gasteiger charge is -2.22. The molecule has 5 nitrogen and oxygen atoms in total. The minimum absolute atomic E-state index is 0.214. The first kappa shape index (κ1) is 11.6. The molecular weight excluding hydrogens is 242 g/mol. The van der Waals surface area contributed by atoms with Gasteiger partial charge in [-0.3, -0.25) is 14.9 Å². The van der Waals surface area contributed by atoms with Gasteiger partial charge < -0.3 is 5.73 Å². The average Bonchev–Trinajstić information content (AvgIpc) is 2.38. The molecule has 0 saturated carbocycles. The minimum atomic E-state index is -0.337. The van der Waals surface area contributed by atoms with E-state index in [-0.39, 0.29) is 17.7 Å². The first-order valence-electron chi connectivity index (χ1n) is 6.14. The topological polar surface area (TPSA) is 85.1 Å². The van der Waals surface area contributed by atoms with Crippen LogP contribution in [0.1, 0.15) is 24.3 Å². The average molecular weight is 255 g/mol. The summed E-state index contributed by atoms with van der Waals surface area (Å²) in [5.74, 6) is -0.384. The Morgan fingerprint density at radius 2 is 2.05 bits per heavy atom. The second kappa shape index (κ2) is 4.35. The van der Waals surface area contributed by atoms with Crippen LogP contribution in [0.25, 0.3) is 10.9 Å². The van der Waals surface area contributed by atoms with Crippen LogP contribution in [0.3, 0.4) is 0 Å². The Hall–Kier alpha value is -2.43. The normalized spacial score (nSPS) is 19.5. The molecule has 19 heavy (non-hydrogen) atoms. The number of nitrogens with one attached hydrogen (secondary N) is 1. The zero-order valence-electron chi connectivity index (χ0n) is 10.2. The number of benzene rings is 1. The van der Waals surface area contributed by atoms with Gasteiger partial charge in [0.2, 0.25) is 11.8 Å². The molecule has 2 aromatic rings. The van der Waals surface area contributed by atoms with Crippen LogP contribution in [-0.4, -0.2) is 16.8 Å². The van der Waals surface area contributed by atoms with Gasteiger partial charge in [-0.15, -0.1) is 0 Å². The molecule has 5 heteroatoms. The van der Waals surface area contributed by atoms with Crippen LogP contribution in [-0.2, 0) is 9.59 Å². The Morgan fingerprint density at radius 1 is 1.21 bits per heavy atom. The summed E-state index contributed by atoms with van der Waals surface area (Å²) >= 11 is 0. The van der Waals surface area contributed by atoms with Gasteiger partial charge in [0.05, 0.1) is 11.4 Å². The SMILES string of the molecule is Nc1ccc2cccc(C3CCC(=O)NC3=O)c2n1. The standard InChI is InChI=1S/C14H13N3O2/c15-11-6-4-8-2-1-3-9(13(8)16-11)10-5-7-12(18)17-14(10)19/h1-4,6,10H,5,7H2,(H2,15,16)(H,17,18,19). The maximum absolute atomic E-state index is 11.9. The van der Waals surface area contributed by atoms with Crippen molar-refractivity contribution in [1.82, 2.24) is 10.3 Å². The molecular formula is C14H13N3O2. The fourth-order valence-electron chi connectivity index (χ4n) is 2.46. The molecule has 1 aliphatic heterocycles. The highest BCUT2D eigenvalue weighted by Crippen LogP contribution is 2.30. The number of pyridine rings is 1. The van der Waals surface area contributed by atoms with Crippen molar-refractivity contribution >= 4 is 28.5 Å². The number of carbonyl (C=O) groups excluding carboxylic acids is 2. The van der Waals surface area contributed by atoms with Crippen LogP contribution in [0.15, 0.2) is 30.3 Å². The van der Waals surface area contributed by atoms with E-state index in [1.54, 1.807) is 6.07 Å². The zero-order chi connectivity index (χ0) is 13.4. The number of aromatic nitrogens is 1. The third kappa shape index (κ3) is 2.03. The van der Waals surface area contributed by atoms with Gasteiger partial charge in [-0.05, 0) is 24.1 Å². The first-order chi connectivity index (χ1) is 9.15. The predicted molar refractivity (Wildman–Crippen MR) is 71.3 cm³/mol. The predicted octanol–water partition coefficient (Wildman–Crippen LogP) is 1.34. The molecule has 0 aliphatic carbocycles. The number of para-hydroxylation sites is 1. The lowest BCUT2D eigenvalue weighted by molar-refractivity contribution is -0.134. The van der Waals surface area contributed by atoms with Crippen molar-refractivity contribution in [2.75, 3.05) is 5.73 Å². The van der Waals surface area contributed by atoms with Gasteiger partial charge in [-0.1, -0.05) is 18.2 Å². The van der Waals surface area contributed by atoms with E-state index in [1.165, 1.54) is 0 Å². The van der Waals surface area contributed by atoms with Crippen LogP contribution >= 0.6 is 0 Å². The number of piperidine rings is 1. The highest BCUT2D eigenvalue weighted by Gasteiger charge is 2.29. The third-order valence-electron chi connectivity index (χ3n) is 3.39. The van der Waals surface area contributed by atoms with Crippen LogP contribution in [0.4, 0.5) is 5.82 Å². The molecule has 1 aliphatic rings. The molecule has 2 heterocycles. The fraction of sp³-hybridized carbons (Fsp3) is 0.214. The van der Waals surface area contributed by atoms with Crippen LogP contribution in [0, 0.1) is 0 Å². The van der Waals surface area contributed by atoms with Crippen LogP contribution < -0.4 is 11.1 Å². The highest BCUT2D eigenvalue weighted by molar-refractivity contribution is 6.02. The Bertz CT molecular complexity index is 681. The molecule has 3 N–H and O–H groups in total. The number of amides is 2. The van der Waals surface area contributed by atoms with Gasteiger partial charge in [-0.2, -0.15) is 0 Å². The van der Waals surface area contributed by atoms with E-state index in [2.05, 4.69) is 10.3 Å². The summed E-state index contributed by atoms with van der Waals surface area (Å²) < 4.78 is 0. The summed E-state index contributed by atoms with van der Waals surface area (Å²) in [6.45, 7) is 0. The molecule has 1 saturated heterocycles. The smallest absolute Gasteiger partial charge is 0.234 e. The van der Waals surface area contributed by atoms with Crippen molar-refractivity contribution in [3.05, 3.63) is 35.9 Å².